The molecule has 0 radical (unpaired) electrons. The normalized spacial score (nSPS) is 24.5. The van der Waals surface area contributed by atoms with Gasteiger partial charge in [-0.25, -0.2) is 9.78 Å². The zero-order valence-corrected chi connectivity index (χ0v) is 18.4. The second kappa shape index (κ2) is 8.53. The monoisotopic (exact) mass is 440 g/mol. The predicted molar refractivity (Wildman–Crippen MR) is 121 cm³/mol. The Bertz CT molecular complexity index is 988. The Morgan fingerprint density at radius 2 is 2.13 bits per heavy atom. The van der Waals surface area contributed by atoms with Crippen LogP contribution in [0.2, 0.25) is 0 Å². The van der Waals surface area contributed by atoms with Crippen molar-refractivity contribution in [2.75, 3.05) is 11.1 Å². The summed E-state index contributed by atoms with van der Waals surface area (Å²) in [6, 6.07) is 6.37. The Morgan fingerprint density at radius 3 is 2.97 bits per heavy atom. The highest BCUT2D eigenvalue weighted by molar-refractivity contribution is 8.00. The van der Waals surface area contributed by atoms with Gasteiger partial charge >= 0.3 is 6.03 Å². The molecule has 3 atom stereocenters. The van der Waals surface area contributed by atoms with Crippen LogP contribution in [0.3, 0.4) is 0 Å². The van der Waals surface area contributed by atoms with E-state index in [9.17, 15) is 9.59 Å². The van der Waals surface area contributed by atoms with Gasteiger partial charge < -0.3 is 16.0 Å². The molecule has 5 rings (SSSR count). The summed E-state index contributed by atoms with van der Waals surface area (Å²) >= 11 is 1.91. The minimum Gasteiger partial charge on any atom is -0.332 e. The van der Waals surface area contributed by atoms with E-state index in [0.29, 0.717) is 23.4 Å². The number of hydrogen-bond acceptors (Lipinski definition) is 5. The standard InChI is InChI=1S/C22H28N6O2S/c1-12-6-9-15(14(10-12)21-26-20(27-28-21)13-7-8-13)23-18(29)5-3-2-4-17-19-16(11-31-17)24-22(30)25-19/h6,9-10,13,16-17,19H,2-5,7-8,11H2,1H3,(H,23,29)(H2,24,25,30)(H,26,27,28)/t16-,17+,19+/m1/s1. The summed E-state index contributed by atoms with van der Waals surface area (Å²) in [5, 5.41) is 16.9. The van der Waals surface area contributed by atoms with E-state index >= 15 is 0 Å². The zero-order chi connectivity index (χ0) is 21.4. The number of urea groups is 1. The van der Waals surface area contributed by atoms with E-state index in [4.69, 9.17) is 0 Å². The Hall–Kier alpha value is -2.55. The van der Waals surface area contributed by atoms with Crippen molar-refractivity contribution in [2.24, 2.45) is 0 Å². The van der Waals surface area contributed by atoms with E-state index in [2.05, 4.69) is 31.1 Å². The lowest BCUT2D eigenvalue weighted by Crippen LogP contribution is -2.36. The maximum atomic E-state index is 12.6. The number of aromatic nitrogens is 3. The van der Waals surface area contributed by atoms with Gasteiger partial charge in [0, 0.05) is 28.9 Å². The first-order chi connectivity index (χ1) is 15.1. The number of aryl methyl sites for hydroxylation is 1. The molecule has 3 aliphatic rings. The molecule has 0 bridgehead atoms. The molecule has 3 heterocycles. The average molecular weight is 441 g/mol. The molecule has 4 N–H and O–H groups in total. The number of H-pyrrole nitrogens is 1. The van der Waals surface area contributed by atoms with Crippen LogP contribution in [0.25, 0.3) is 11.4 Å². The third-order valence-corrected chi connectivity index (χ3v) is 7.75. The lowest BCUT2D eigenvalue weighted by atomic mass is 10.0. The summed E-state index contributed by atoms with van der Waals surface area (Å²) in [7, 11) is 0. The quantitative estimate of drug-likeness (QED) is 0.372. The Kier molecular flexibility index (Phi) is 5.60. The fourth-order valence-corrected chi connectivity index (χ4v) is 5.92. The van der Waals surface area contributed by atoms with Crippen molar-refractivity contribution in [1.29, 1.82) is 0 Å². The zero-order valence-electron chi connectivity index (χ0n) is 17.6. The van der Waals surface area contributed by atoms with Crippen molar-refractivity contribution < 1.29 is 9.59 Å². The molecule has 31 heavy (non-hydrogen) atoms. The number of benzene rings is 1. The maximum Gasteiger partial charge on any atom is 0.315 e. The maximum absolute atomic E-state index is 12.6. The highest BCUT2D eigenvalue weighted by atomic mass is 32.2. The van der Waals surface area contributed by atoms with Crippen LogP contribution >= 0.6 is 11.8 Å². The predicted octanol–water partition coefficient (Wildman–Crippen LogP) is 3.32. The van der Waals surface area contributed by atoms with Crippen LogP contribution in [0.5, 0.6) is 0 Å². The first kappa shape index (κ1) is 20.4. The van der Waals surface area contributed by atoms with Gasteiger partial charge in [-0.15, -0.1) is 0 Å². The minimum atomic E-state index is -0.0516. The number of thioether (sulfide) groups is 1. The smallest absolute Gasteiger partial charge is 0.315 e. The van der Waals surface area contributed by atoms with Crippen molar-refractivity contribution in [3.8, 4) is 11.4 Å². The highest BCUT2D eigenvalue weighted by Gasteiger charge is 2.42. The van der Waals surface area contributed by atoms with Gasteiger partial charge in [0.05, 0.1) is 17.8 Å². The highest BCUT2D eigenvalue weighted by Crippen LogP contribution is 2.39. The van der Waals surface area contributed by atoms with E-state index in [1.165, 1.54) is 0 Å². The van der Waals surface area contributed by atoms with Crippen molar-refractivity contribution in [3.05, 3.63) is 29.6 Å². The van der Waals surface area contributed by atoms with E-state index in [0.717, 1.165) is 60.5 Å². The lowest BCUT2D eigenvalue weighted by Gasteiger charge is -2.16. The lowest BCUT2D eigenvalue weighted by molar-refractivity contribution is -0.116. The van der Waals surface area contributed by atoms with Crippen LogP contribution in [0.4, 0.5) is 10.5 Å². The van der Waals surface area contributed by atoms with E-state index in [1.807, 2.05) is 36.9 Å². The number of carbonyl (C=O) groups excluding carboxylic acids is 2. The van der Waals surface area contributed by atoms with Crippen molar-refractivity contribution in [1.82, 2.24) is 25.8 Å². The fraction of sp³-hybridized carbons (Fsp3) is 0.545. The molecule has 0 spiro atoms. The number of anilines is 1. The summed E-state index contributed by atoms with van der Waals surface area (Å²) in [6.07, 6.45) is 5.61. The topological polar surface area (TPSA) is 112 Å². The molecule has 9 heteroatoms. The number of nitrogens with one attached hydrogen (secondary N) is 4. The largest absolute Gasteiger partial charge is 0.332 e. The number of hydrogen-bond donors (Lipinski definition) is 4. The van der Waals surface area contributed by atoms with Crippen LogP contribution < -0.4 is 16.0 Å². The van der Waals surface area contributed by atoms with Gasteiger partial charge in [0.2, 0.25) is 5.91 Å². The number of rotatable bonds is 8. The Morgan fingerprint density at radius 1 is 1.26 bits per heavy atom. The number of carbonyl (C=O) groups is 2. The molecule has 2 saturated heterocycles. The molecular formula is C22H28N6O2S. The molecule has 164 valence electrons. The summed E-state index contributed by atoms with van der Waals surface area (Å²) in [5.74, 6) is 3.06. The van der Waals surface area contributed by atoms with Crippen molar-refractivity contribution in [2.45, 2.75) is 68.7 Å². The number of nitrogens with zero attached hydrogens (tertiary/aromatic N) is 2. The van der Waals surface area contributed by atoms with Gasteiger partial charge in [-0.2, -0.15) is 16.9 Å². The van der Waals surface area contributed by atoms with Crippen LogP contribution in [-0.2, 0) is 4.79 Å². The molecule has 3 amide bonds. The molecule has 2 aromatic rings. The molecule has 8 nitrogen and oxygen atoms in total. The van der Waals surface area contributed by atoms with Gasteiger partial charge in [-0.3, -0.25) is 9.89 Å². The van der Waals surface area contributed by atoms with Crippen LogP contribution in [0.1, 0.15) is 55.8 Å². The number of aromatic amines is 1. The SMILES string of the molecule is Cc1ccc(NC(=O)CCCC[C@@H]2SC[C@H]3NC(=O)N[C@H]23)c(-c2n[nH]c(C3CC3)n2)c1. The molecule has 1 aromatic heterocycles. The van der Waals surface area contributed by atoms with Crippen LogP contribution in [0.15, 0.2) is 18.2 Å². The van der Waals surface area contributed by atoms with Gasteiger partial charge in [0.15, 0.2) is 5.82 Å². The molecule has 1 aromatic carbocycles. The van der Waals surface area contributed by atoms with Crippen molar-refractivity contribution >= 4 is 29.4 Å². The Balaban J connectivity index is 1.14. The third kappa shape index (κ3) is 4.56. The number of unbranched alkanes of at least 4 members (excludes halogenated alkanes) is 1. The van der Waals surface area contributed by atoms with Gasteiger partial charge in [-0.05, 0) is 44.7 Å². The number of fused-ring (bicyclic) bond motifs is 1. The van der Waals surface area contributed by atoms with Gasteiger partial charge in [-0.1, -0.05) is 18.1 Å². The summed E-state index contributed by atoms with van der Waals surface area (Å²) in [4.78, 5) is 28.7. The molecule has 2 aliphatic heterocycles. The minimum absolute atomic E-state index is 0.0100. The van der Waals surface area contributed by atoms with Crippen molar-refractivity contribution in [3.63, 3.8) is 0 Å². The molecule has 0 unspecified atom stereocenters. The van der Waals surface area contributed by atoms with Gasteiger partial charge in [0.25, 0.3) is 0 Å². The Labute approximate surface area is 185 Å². The third-order valence-electron chi connectivity index (χ3n) is 6.24. The fourth-order valence-electron chi connectivity index (χ4n) is 4.37. The van der Waals surface area contributed by atoms with E-state index in [1.54, 1.807) is 0 Å². The van der Waals surface area contributed by atoms with E-state index in [-0.39, 0.29) is 24.0 Å². The second-order valence-corrected chi connectivity index (χ2v) is 10.1. The summed E-state index contributed by atoms with van der Waals surface area (Å²) < 4.78 is 0. The number of amides is 3. The average Bonchev–Trinajstić information content (AvgIpc) is 3.18. The van der Waals surface area contributed by atoms with Gasteiger partial charge in [0.1, 0.15) is 5.82 Å². The molecular weight excluding hydrogens is 412 g/mol. The first-order valence-electron chi connectivity index (χ1n) is 11.1. The molecule has 3 fully saturated rings. The summed E-state index contributed by atoms with van der Waals surface area (Å²) in [6.45, 7) is 2.03. The molecule has 1 aliphatic carbocycles. The second-order valence-electron chi connectivity index (χ2n) is 8.78. The van der Waals surface area contributed by atoms with Crippen LogP contribution in [-0.4, -0.2) is 50.2 Å². The molecule has 1 saturated carbocycles. The first-order valence-corrected chi connectivity index (χ1v) is 12.1. The van der Waals surface area contributed by atoms with Crippen LogP contribution in [0, 0.1) is 6.92 Å². The summed E-state index contributed by atoms with van der Waals surface area (Å²) in [5.41, 5.74) is 2.71. The van der Waals surface area contributed by atoms with E-state index < -0.39 is 0 Å².